The number of benzene rings is 2. The minimum Gasteiger partial charge on any atom is -0.497 e. The van der Waals surface area contributed by atoms with E-state index in [1.165, 1.54) is 11.7 Å². The second kappa shape index (κ2) is 9.09. The zero-order valence-corrected chi connectivity index (χ0v) is 18.4. The largest absolute Gasteiger partial charge is 0.497 e. The van der Waals surface area contributed by atoms with Gasteiger partial charge in [-0.1, -0.05) is 11.6 Å². The van der Waals surface area contributed by atoms with Crippen molar-refractivity contribution in [1.29, 1.82) is 0 Å². The van der Waals surface area contributed by atoms with Gasteiger partial charge in [0.2, 0.25) is 0 Å². The molecule has 0 aliphatic rings. The first kappa shape index (κ1) is 22.8. The number of fused-ring (bicyclic) bond motifs is 1. The van der Waals surface area contributed by atoms with Gasteiger partial charge < -0.3 is 9.47 Å². The molecule has 1 N–H and O–H groups in total. The second-order valence-electron chi connectivity index (χ2n) is 6.78. The number of carbonyl (C=O) groups is 2. The summed E-state index contributed by atoms with van der Waals surface area (Å²) in [5.74, 6) is -1.13. The van der Waals surface area contributed by atoms with E-state index in [2.05, 4.69) is 0 Å². The Morgan fingerprint density at radius 2 is 1.81 bits per heavy atom. The lowest BCUT2D eigenvalue weighted by Gasteiger charge is -2.08. The minimum atomic E-state index is -4.24. The predicted octanol–water partition coefficient (Wildman–Crippen LogP) is 3.27. The number of ether oxygens (including phenoxy) is 2. The first-order valence-corrected chi connectivity index (χ1v) is 11.2. The van der Waals surface area contributed by atoms with E-state index in [4.69, 9.17) is 25.6 Å². The topological polar surface area (TPSA) is 112 Å². The van der Waals surface area contributed by atoms with Crippen molar-refractivity contribution in [1.82, 2.24) is 4.57 Å². The monoisotopic (exact) mass is 465 g/mol. The zero-order valence-electron chi connectivity index (χ0n) is 16.8. The predicted molar refractivity (Wildman–Crippen MR) is 115 cm³/mol. The number of aromatic nitrogens is 1. The molecule has 1 aromatic heterocycles. The second-order valence-corrected chi connectivity index (χ2v) is 8.79. The first-order chi connectivity index (χ1) is 14.6. The lowest BCUT2D eigenvalue weighted by atomic mass is 10.1. The van der Waals surface area contributed by atoms with Crippen LogP contribution in [0.2, 0.25) is 5.02 Å². The maximum absolute atomic E-state index is 13.2. The molecule has 0 atom stereocenters. The van der Waals surface area contributed by atoms with Crippen LogP contribution in [0.15, 0.2) is 42.5 Å². The summed E-state index contributed by atoms with van der Waals surface area (Å²) < 4.78 is 42.1. The molecular formula is C21H20ClNO7S. The summed E-state index contributed by atoms with van der Waals surface area (Å²) in [5.41, 5.74) is 2.09. The highest BCUT2D eigenvalue weighted by atomic mass is 35.5. The molecule has 31 heavy (non-hydrogen) atoms. The minimum absolute atomic E-state index is 0.193. The van der Waals surface area contributed by atoms with Gasteiger partial charge in [-0.05, 0) is 55.0 Å². The summed E-state index contributed by atoms with van der Waals surface area (Å²) in [7, 11) is -2.73. The average molecular weight is 466 g/mol. The van der Waals surface area contributed by atoms with Gasteiger partial charge in [-0.25, -0.2) is 0 Å². The van der Waals surface area contributed by atoms with Gasteiger partial charge in [-0.2, -0.15) is 8.42 Å². The molecular weight excluding hydrogens is 446 g/mol. The van der Waals surface area contributed by atoms with Gasteiger partial charge in [-0.15, -0.1) is 0 Å². The number of halogens is 1. The normalized spacial score (nSPS) is 11.5. The van der Waals surface area contributed by atoms with E-state index in [0.29, 0.717) is 38.5 Å². The van der Waals surface area contributed by atoms with E-state index in [9.17, 15) is 18.0 Å². The molecule has 0 unspecified atom stereocenters. The van der Waals surface area contributed by atoms with Crippen molar-refractivity contribution in [2.75, 3.05) is 19.5 Å². The van der Waals surface area contributed by atoms with Crippen LogP contribution < -0.4 is 4.74 Å². The molecule has 10 heteroatoms. The third-order valence-corrected chi connectivity index (χ3v) is 5.70. The van der Waals surface area contributed by atoms with Crippen LogP contribution in [0, 0.1) is 6.92 Å². The van der Waals surface area contributed by atoms with E-state index in [0.717, 1.165) is 0 Å². The molecule has 3 rings (SSSR count). The lowest BCUT2D eigenvalue weighted by molar-refractivity contribution is -0.142. The SMILES string of the molecule is COc1ccc2c(c1)c(CC(=O)OCCS(=O)(=O)O)c(C)n2C(=O)c1ccc(Cl)cc1. The molecule has 3 aromatic rings. The van der Waals surface area contributed by atoms with Gasteiger partial charge >= 0.3 is 5.97 Å². The van der Waals surface area contributed by atoms with Gasteiger partial charge in [0.05, 0.1) is 19.0 Å². The lowest BCUT2D eigenvalue weighted by Crippen LogP contribution is -2.17. The third-order valence-electron chi connectivity index (χ3n) is 4.76. The average Bonchev–Trinajstić information content (AvgIpc) is 2.98. The summed E-state index contributed by atoms with van der Waals surface area (Å²) >= 11 is 5.92. The standard InChI is InChI=1S/C21H20ClNO7S/c1-13-17(12-20(24)30-9-10-31(26,27)28)18-11-16(29-2)7-8-19(18)23(13)21(25)14-3-5-15(22)6-4-14/h3-8,11H,9-10,12H2,1-2H3,(H,26,27,28). The van der Waals surface area contributed by atoms with E-state index < -0.39 is 28.4 Å². The maximum atomic E-state index is 13.2. The molecule has 0 bridgehead atoms. The Hall–Kier alpha value is -2.88. The van der Waals surface area contributed by atoms with Crippen LogP contribution in [0.3, 0.4) is 0 Å². The number of nitrogens with zero attached hydrogens (tertiary/aromatic N) is 1. The van der Waals surface area contributed by atoms with Crippen molar-refractivity contribution < 1.29 is 32.0 Å². The Morgan fingerprint density at radius 1 is 1.13 bits per heavy atom. The summed E-state index contributed by atoms with van der Waals surface area (Å²) in [6.45, 7) is 1.24. The highest BCUT2D eigenvalue weighted by Gasteiger charge is 2.22. The number of rotatable bonds is 7. The molecule has 164 valence electrons. The number of hydrogen-bond donors (Lipinski definition) is 1. The van der Waals surface area contributed by atoms with Gasteiger partial charge in [-0.3, -0.25) is 18.7 Å². The quantitative estimate of drug-likeness (QED) is 0.421. The molecule has 0 aliphatic heterocycles. The van der Waals surface area contributed by atoms with Crippen LogP contribution >= 0.6 is 11.6 Å². The summed E-state index contributed by atoms with van der Waals surface area (Å²) in [5, 5.41) is 1.13. The molecule has 1 heterocycles. The highest BCUT2D eigenvalue weighted by molar-refractivity contribution is 7.85. The first-order valence-electron chi connectivity index (χ1n) is 9.19. The maximum Gasteiger partial charge on any atom is 0.310 e. The number of methoxy groups -OCH3 is 1. The van der Waals surface area contributed by atoms with Crippen molar-refractivity contribution >= 4 is 44.5 Å². The number of esters is 1. The molecule has 0 spiro atoms. The van der Waals surface area contributed by atoms with Crippen LogP contribution in [-0.2, 0) is 26.1 Å². The zero-order chi connectivity index (χ0) is 22.8. The number of hydrogen-bond acceptors (Lipinski definition) is 6. The van der Waals surface area contributed by atoms with Gasteiger partial charge in [0.1, 0.15) is 18.1 Å². The van der Waals surface area contributed by atoms with Crippen molar-refractivity contribution in [3.05, 3.63) is 64.3 Å². The van der Waals surface area contributed by atoms with E-state index in [1.807, 2.05) is 0 Å². The van der Waals surface area contributed by atoms with Crippen molar-refractivity contribution in [2.45, 2.75) is 13.3 Å². The molecule has 8 nitrogen and oxygen atoms in total. The number of carbonyl (C=O) groups excluding carboxylic acids is 2. The van der Waals surface area contributed by atoms with Gasteiger partial charge in [0.25, 0.3) is 16.0 Å². The van der Waals surface area contributed by atoms with Crippen LogP contribution in [0.1, 0.15) is 21.6 Å². The molecule has 0 fully saturated rings. The van der Waals surface area contributed by atoms with Crippen molar-refractivity contribution in [2.24, 2.45) is 0 Å². The molecule has 0 radical (unpaired) electrons. The summed E-state index contributed by atoms with van der Waals surface area (Å²) in [6, 6.07) is 11.6. The van der Waals surface area contributed by atoms with Crippen molar-refractivity contribution in [3.8, 4) is 5.75 Å². The van der Waals surface area contributed by atoms with Gasteiger partial charge in [0.15, 0.2) is 0 Å². The van der Waals surface area contributed by atoms with Crippen LogP contribution in [-0.4, -0.2) is 48.9 Å². The fourth-order valence-corrected chi connectivity index (χ4v) is 3.67. The Labute approximate surface area is 184 Å². The smallest absolute Gasteiger partial charge is 0.310 e. The van der Waals surface area contributed by atoms with Crippen LogP contribution in [0.25, 0.3) is 10.9 Å². The molecule has 2 aromatic carbocycles. The van der Waals surface area contributed by atoms with E-state index in [1.54, 1.807) is 49.4 Å². The Morgan fingerprint density at radius 3 is 2.42 bits per heavy atom. The molecule has 0 aliphatic carbocycles. The summed E-state index contributed by atoms with van der Waals surface area (Å²) in [4.78, 5) is 25.5. The van der Waals surface area contributed by atoms with Crippen LogP contribution in [0.5, 0.6) is 5.75 Å². The molecule has 0 amide bonds. The Kier molecular flexibility index (Phi) is 6.68. The highest BCUT2D eigenvalue weighted by Crippen LogP contribution is 2.31. The fraction of sp³-hybridized carbons (Fsp3) is 0.238. The van der Waals surface area contributed by atoms with Crippen LogP contribution in [0.4, 0.5) is 0 Å². The van der Waals surface area contributed by atoms with E-state index in [-0.39, 0.29) is 12.3 Å². The molecule has 0 saturated carbocycles. The van der Waals surface area contributed by atoms with Crippen molar-refractivity contribution in [3.63, 3.8) is 0 Å². The molecule has 0 saturated heterocycles. The third kappa shape index (κ3) is 5.25. The Bertz CT molecular complexity index is 1250. The fourth-order valence-electron chi connectivity index (χ4n) is 3.25. The summed E-state index contributed by atoms with van der Waals surface area (Å²) in [6.07, 6.45) is -0.193. The van der Waals surface area contributed by atoms with E-state index >= 15 is 0 Å². The Balaban J connectivity index is 2.00. The van der Waals surface area contributed by atoms with Gasteiger partial charge in [0, 0.05) is 21.7 Å².